The summed E-state index contributed by atoms with van der Waals surface area (Å²) in [5.41, 5.74) is 5.47. The lowest BCUT2D eigenvalue weighted by Gasteiger charge is -2.37. The summed E-state index contributed by atoms with van der Waals surface area (Å²) in [5, 5.41) is 1.62. The van der Waals surface area contributed by atoms with Gasteiger partial charge in [-0.2, -0.15) is 0 Å². The van der Waals surface area contributed by atoms with E-state index < -0.39 is 5.41 Å². The lowest BCUT2D eigenvalue weighted by Crippen LogP contribution is -2.40. The standard InChI is InChI=1S/C37H25NO2/c39-35-32-20-10-12-26-13-11-21-33(34(26)32)36(40)38(35)31-24-22-30(23-25-31)37(27-14-4-1-5-15-27,28-16-6-2-7-17-28)29-18-8-3-9-19-29/h1-25H. The summed E-state index contributed by atoms with van der Waals surface area (Å²) in [6.45, 7) is 0. The molecule has 1 aliphatic rings. The van der Waals surface area contributed by atoms with Gasteiger partial charge in [-0.15, -0.1) is 0 Å². The average molecular weight is 516 g/mol. The van der Waals surface area contributed by atoms with E-state index in [0.717, 1.165) is 33.0 Å². The first-order valence-electron chi connectivity index (χ1n) is 13.4. The number of anilines is 1. The van der Waals surface area contributed by atoms with Crippen molar-refractivity contribution in [3.05, 3.63) is 185 Å². The summed E-state index contributed by atoms with van der Waals surface area (Å²) in [7, 11) is 0. The lowest BCUT2D eigenvalue weighted by atomic mass is 9.65. The number of hydrogen-bond acceptors (Lipinski definition) is 2. The summed E-state index contributed by atoms with van der Waals surface area (Å²) < 4.78 is 0. The Morgan fingerprint density at radius 1 is 0.400 bits per heavy atom. The largest absolute Gasteiger partial charge is 0.268 e. The molecule has 0 atom stereocenters. The predicted molar refractivity (Wildman–Crippen MR) is 160 cm³/mol. The van der Waals surface area contributed by atoms with E-state index in [0.29, 0.717) is 16.8 Å². The average Bonchev–Trinajstić information content (AvgIpc) is 3.02. The highest BCUT2D eigenvalue weighted by molar-refractivity contribution is 6.35. The fourth-order valence-electron chi connectivity index (χ4n) is 6.19. The molecule has 0 saturated carbocycles. The van der Waals surface area contributed by atoms with E-state index >= 15 is 0 Å². The third kappa shape index (κ3) is 3.52. The van der Waals surface area contributed by atoms with Crippen molar-refractivity contribution in [1.29, 1.82) is 0 Å². The highest BCUT2D eigenvalue weighted by atomic mass is 16.2. The third-order valence-electron chi connectivity index (χ3n) is 7.95. The van der Waals surface area contributed by atoms with Gasteiger partial charge >= 0.3 is 0 Å². The third-order valence-corrected chi connectivity index (χ3v) is 7.95. The minimum Gasteiger partial charge on any atom is -0.268 e. The second-order valence-electron chi connectivity index (χ2n) is 10.0. The van der Waals surface area contributed by atoms with Crippen molar-refractivity contribution in [2.24, 2.45) is 0 Å². The predicted octanol–water partition coefficient (Wildman–Crippen LogP) is 8.02. The zero-order chi connectivity index (χ0) is 27.1. The summed E-state index contributed by atoms with van der Waals surface area (Å²) in [4.78, 5) is 28.6. The van der Waals surface area contributed by atoms with E-state index in [1.165, 1.54) is 4.90 Å². The van der Waals surface area contributed by atoms with Crippen LogP contribution in [-0.4, -0.2) is 11.8 Å². The van der Waals surface area contributed by atoms with E-state index in [4.69, 9.17) is 0 Å². The smallest absolute Gasteiger partial charge is 0.265 e. The van der Waals surface area contributed by atoms with Crippen LogP contribution in [0.4, 0.5) is 5.69 Å². The Kier molecular flexibility index (Phi) is 5.64. The van der Waals surface area contributed by atoms with Crippen LogP contribution in [0.15, 0.2) is 152 Å². The van der Waals surface area contributed by atoms with Gasteiger partial charge in [0.15, 0.2) is 0 Å². The van der Waals surface area contributed by atoms with E-state index in [1.54, 1.807) is 12.1 Å². The highest BCUT2D eigenvalue weighted by Gasteiger charge is 2.39. The molecule has 190 valence electrons. The number of amides is 2. The van der Waals surface area contributed by atoms with Crippen LogP contribution in [0.5, 0.6) is 0 Å². The van der Waals surface area contributed by atoms with Crippen LogP contribution in [0.1, 0.15) is 43.0 Å². The van der Waals surface area contributed by atoms with Crippen molar-refractivity contribution in [1.82, 2.24) is 0 Å². The number of hydrogen-bond donors (Lipinski definition) is 0. The van der Waals surface area contributed by atoms with Gasteiger partial charge in [-0.1, -0.05) is 127 Å². The number of nitrogens with zero attached hydrogens (tertiary/aromatic N) is 1. The molecule has 1 heterocycles. The lowest BCUT2D eigenvalue weighted by molar-refractivity contribution is 0.0893. The quantitative estimate of drug-likeness (QED) is 0.172. The maximum Gasteiger partial charge on any atom is 0.265 e. The summed E-state index contributed by atoms with van der Waals surface area (Å²) in [5.74, 6) is -0.606. The maximum atomic E-state index is 13.7. The van der Waals surface area contributed by atoms with E-state index in [9.17, 15) is 9.59 Å². The van der Waals surface area contributed by atoms with Crippen LogP contribution < -0.4 is 4.90 Å². The van der Waals surface area contributed by atoms with Gasteiger partial charge in [-0.3, -0.25) is 9.59 Å². The Hall–Kier alpha value is -5.28. The van der Waals surface area contributed by atoms with Crippen molar-refractivity contribution in [2.45, 2.75) is 5.41 Å². The second kappa shape index (κ2) is 9.48. The number of carbonyl (C=O) groups excluding carboxylic acids is 2. The van der Waals surface area contributed by atoms with Crippen molar-refractivity contribution in [2.75, 3.05) is 4.90 Å². The van der Waals surface area contributed by atoms with Crippen molar-refractivity contribution in [3.8, 4) is 0 Å². The van der Waals surface area contributed by atoms with Gasteiger partial charge in [-0.05, 0) is 51.9 Å². The van der Waals surface area contributed by atoms with Crippen LogP contribution in [0, 0.1) is 0 Å². The maximum absolute atomic E-state index is 13.7. The number of rotatable bonds is 5. The molecule has 0 aromatic heterocycles. The van der Waals surface area contributed by atoms with Gasteiger partial charge in [-0.25, -0.2) is 4.90 Å². The number of benzene rings is 6. The van der Waals surface area contributed by atoms with Gasteiger partial charge in [0.1, 0.15) is 0 Å². The van der Waals surface area contributed by atoms with Gasteiger partial charge in [0.2, 0.25) is 0 Å². The van der Waals surface area contributed by atoms with Crippen LogP contribution in [-0.2, 0) is 5.41 Å². The molecule has 0 radical (unpaired) electrons. The molecule has 40 heavy (non-hydrogen) atoms. The zero-order valence-electron chi connectivity index (χ0n) is 21.7. The SMILES string of the molecule is O=C1c2cccc3cccc(c23)C(=O)N1c1ccc(C(c2ccccc2)(c2ccccc2)c2ccccc2)cc1. The molecule has 0 fully saturated rings. The molecule has 7 rings (SSSR count). The Labute approximate surface area is 233 Å². The number of imide groups is 1. The Balaban J connectivity index is 1.41. The van der Waals surface area contributed by atoms with Crippen molar-refractivity contribution >= 4 is 28.3 Å². The summed E-state index contributed by atoms with van der Waals surface area (Å²) >= 11 is 0. The molecular weight excluding hydrogens is 490 g/mol. The topological polar surface area (TPSA) is 37.4 Å². The van der Waals surface area contributed by atoms with E-state index in [2.05, 4.69) is 72.8 Å². The fourth-order valence-corrected chi connectivity index (χ4v) is 6.19. The van der Waals surface area contributed by atoms with Crippen molar-refractivity contribution < 1.29 is 9.59 Å². The normalized spacial score (nSPS) is 13.1. The minimum atomic E-state index is -0.601. The van der Waals surface area contributed by atoms with Gasteiger partial charge in [0.05, 0.1) is 11.1 Å². The van der Waals surface area contributed by atoms with Crippen molar-refractivity contribution in [3.63, 3.8) is 0 Å². The molecule has 3 heteroatoms. The summed E-state index contributed by atoms with van der Waals surface area (Å²) in [6, 6.07) is 50.5. The molecule has 6 aromatic carbocycles. The zero-order valence-corrected chi connectivity index (χ0v) is 21.7. The first-order chi connectivity index (χ1) is 19.7. The molecule has 3 nitrogen and oxygen atoms in total. The molecule has 0 unspecified atom stereocenters. The first-order valence-corrected chi connectivity index (χ1v) is 13.4. The summed E-state index contributed by atoms with van der Waals surface area (Å²) in [6.07, 6.45) is 0. The van der Waals surface area contributed by atoms with Gasteiger partial charge in [0.25, 0.3) is 11.8 Å². The molecule has 0 N–H and O–H groups in total. The van der Waals surface area contributed by atoms with Crippen LogP contribution >= 0.6 is 0 Å². The monoisotopic (exact) mass is 515 g/mol. The molecule has 0 aliphatic carbocycles. The molecule has 2 amide bonds. The van der Waals surface area contributed by atoms with E-state index in [1.807, 2.05) is 66.7 Å². The van der Waals surface area contributed by atoms with Gasteiger partial charge < -0.3 is 0 Å². The van der Waals surface area contributed by atoms with Crippen LogP contribution in [0.3, 0.4) is 0 Å². The highest BCUT2D eigenvalue weighted by Crippen LogP contribution is 2.45. The fraction of sp³-hybridized carbons (Fsp3) is 0.0270. The molecule has 1 aliphatic heterocycles. The first kappa shape index (κ1) is 23.8. The van der Waals surface area contributed by atoms with Gasteiger partial charge in [0, 0.05) is 16.5 Å². The van der Waals surface area contributed by atoms with E-state index in [-0.39, 0.29) is 11.8 Å². The molecular formula is C37H25NO2. The molecule has 0 bridgehead atoms. The van der Waals surface area contributed by atoms with Crippen LogP contribution in [0.25, 0.3) is 10.8 Å². The minimum absolute atomic E-state index is 0.303. The van der Waals surface area contributed by atoms with Crippen LogP contribution in [0.2, 0.25) is 0 Å². The Morgan fingerprint density at radius 2 is 0.800 bits per heavy atom. The Morgan fingerprint density at radius 3 is 1.23 bits per heavy atom. The second-order valence-corrected chi connectivity index (χ2v) is 10.0. The Bertz CT molecular complexity index is 1710. The molecule has 6 aromatic rings. The molecule has 0 spiro atoms. The number of carbonyl (C=O) groups is 2. The molecule has 0 saturated heterocycles.